The minimum Gasteiger partial charge on any atom is -0.396 e. The molecule has 5 rings (SSSR count). The number of amides is 1. The summed E-state index contributed by atoms with van der Waals surface area (Å²) in [6, 6.07) is 9.13. The van der Waals surface area contributed by atoms with Crippen LogP contribution in [0.25, 0.3) is 6.08 Å². The van der Waals surface area contributed by atoms with Crippen molar-refractivity contribution in [3.05, 3.63) is 69.9 Å². The van der Waals surface area contributed by atoms with Crippen molar-refractivity contribution in [3.63, 3.8) is 0 Å². The smallest absolute Gasteiger partial charge is 0.258 e. The van der Waals surface area contributed by atoms with E-state index in [1.807, 2.05) is 54.0 Å². The highest BCUT2D eigenvalue weighted by Crippen LogP contribution is 2.50. The van der Waals surface area contributed by atoms with E-state index >= 15 is 0 Å². The summed E-state index contributed by atoms with van der Waals surface area (Å²) in [5.41, 5.74) is 2.46. The Labute approximate surface area is 187 Å². The molecule has 2 aromatic rings. The highest BCUT2D eigenvalue weighted by molar-refractivity contribution is 5.82. The van der Waals surface area contributed by atoms with Crippen LogP contribution < -0.4 is 10.9 Å². The van der Waals surface area contributed by atoms with E-state index in [0.29, 0.717) is 24.6 Å². The SMILES string of the molecule is C/C=C/c1ccc2n(c1=O)C[C@H]1[C@H](CO)[C@@H](C(=O)NCc3ccccn3)N(CC3CC3)[C@@H]21. The molecule has 0 radical (unpaired) electrons. The van der Waals surface area contributed by atoms with Gasteiger partial charge in [-0.25, -0.2) is 0 Å². The molecule has 168 valence electrons. The van der Waals surface area contributed by atoms with Crippen LogP contribution in [0, 0.1) is 17.8 Å². The average molecular weight is 435 g/mol. The van der Waals surface area contributed by atoms with Crippen molar-refractivity contribution < 1.29 is 9.90 Å². The van der Waals surface area contributed by atoms with Gasteiger partial charge in [0.05, 0.1) is 24.3 Å². The zero-order valence-electron chi connectivity index (χ0n) is 18.4. The third-order valence-corrected chi connectivity index (χ3v) is 7.17. The lowest BCUT2D eigenvalue weighted by molar-refractivity contribution is -0.128. The third-order valence-electron chi connectivity index (χ3n) is 7.17. The third kappa shape index (κ3) is 3.69. The summed E-state index contributed by atoms with van der Waals surface area (Å²) in [6.07, 6.45) is 7.77. The maximum Gasteiger partial charge on any atom is 0.258 e. The second-order valence-electron chi connectivity index (χ2n) is 9.21. The summed E-state index contributed by atoms with van der Waals surface area (Å²) in [7, 11) is 0. The van der Waals surface area contributed by atoms with Gasteiger partial charge in [0.2, 0.25) is 5.91 Å². The molecule has 2 N–H and O–H groups in total. The predicted molar refractivity (Wildman–Crippen MR) is 122 cm³/mol. The summed E-state index contributed by atoms with van der Waals surface area (Å²) < 4.78 is 1.86. The number of rotatable bonds is 7. The van der Waals surface area contributed by atoms with Crippen LogP contribution in [0.3, 0.4) is 0 Å². The zero-order chi connectivity index (χ0) is 22.2. The molecule has 1 saturated heterocycles. The molecule has 4 atom stereocenters. The Morgan fingerprint density at radius 2 is 2.12 bits per heavy atom. The van der Waals surface area contributed by atoms with E-state index in [4.69, 9.17) is 0 Å². The molecule has 7 heteroatoms. The summed E-state index contributed by atoms with van der Waals surface area (Å²) in [5, 5.41) is 13.4. The Balaban J connectivity index is 1.46. The van der Waals surface area contributed by atoms with Crippen LogP contribution in [0.2, 0.25) is 0 Å². The number of carbonyl (C=O) groups excluding carboxylic acids is 1. The van der Waals surface area contributed by atoms with Crippen LogP contribution >= 0.6 is 0 Å². The second-order valence-corrected chi connectivity index (χ2v) is 9.21. The lowest BCUT2D eigenvalue weighted by Crippen LogP contribution is -2.48. The van der Waals surface area contributed by atoms with Gasteiger partial charge in [0.1, 0.15) is 0 Å². The van der Waals surface area contributed by atoms with E-state index in [-0.39, 0.29) is 36.0 Å². The summed E-state index contributed by atoms with van der Waals surface area (Å²) in [4.78, 5) is 33.0. The van der Waals surface area contributed by atoms with Gasteiger partial charge >= 0.3 is 0 Å². The highest BCUT2D eigenvalue weighted by Gasteiger charge is 2.56. The van der Waals surface area contributed by atoms with E-state index in [2.05, 4.69) is 15.2 Å². The molecule has 1 amide bonds. The first-order valence-corrected chi connectivity index (χ1v) is 11.5. The van der Waals surface area contributed by atoms with Gasteiger partial charge in [0, 0.05) is 49.0 Å². The average Bonchev–Trinajstić information content (AvgIpc) is 3.47. The lowest BCUT2D eigenvalue weighted by atomic mass is 9.88. The van der Waals surface area contributed by atoms with Crippen molar-refractivity contribution in [3.8, 4) is 0 Å². The number of hydrogen-bond donors (Lipinski definition) is 2. The monoisotopic (exact) mass is 434 g/mol. The maximum atomic E-state index is 13.4. The Morgan fingerprint density at radius 3 is 2.81 bits per heavy atom. The largest absolute Gasteiger partial charge is 0.396 e. The fraction of sp³-hybridized carbons (Fsp3) is 0.480. The molecule has 1 saturated carbocycles. The number of carbonyl (C=O) groups is 1. The summed E-state index contributed by atoms with van der Waals surface area (Å²) >= 11 is 0. The lowest BCUT2D eigenvalue weighted by Gasteiger charge is -2.30. The topological polar surface area (TPSA) is 87.5 Å². The number of hydrogen-bond acceptors (Lipinski definition) is 5. The maximum absolute atomic E-state index is 13.4. The standard InChI is InChI=1S/C25H30N4O3/c1-2-5-17-9-10-21-22-19(14-28(21)25(17)32)20(15-30)23(29(22)13-16-7-8-16)24(31)27-12-18-6-3-4-11-26-18/h2-6,9-11,16,19-20,22-23,30H,7-8,12-15H2,1H3,(H,27,31)/b5-2+/t19-,20-,22+,23-/m0/s1. The second kappa shape index (κ2) is 8.64. The van der Waals surface area contributed by atoms with Crippen LogP contribution in [-0.2, 0) is 17.9 Å². The minimum atomic E-state index is -0.404. The van der Waals surface area contributed by atoms with Crippen molar-refractivity contribution in [2.75, 3.05) is 13.2 Å². The first-order valence-electron chi connectivity index (χ1n) is 11.5. The molecule has 32 heavy (non-hydrogen) atoms. The number of aliphatic hydroxyl groups excluding tert-OH is 1. The summed E-state index contributed by atoms with van der Waals surface area (Å²) in [5.74, 6) is 0.344. The number of aromatic nitrogens is 2. The van der Waals surface area contributed by atoms with Gasteiger partial charge in [0.15, 0.2) is 0 Å². The number of fused-ring (bicyclic) bond motifs is 3. The molecule has 0 spiro atoms. The van der Waals surface area contributed by atoms with E-state index in [1.165, 1.54) is 12.8 Å². The number of likely N-dealkylation sites (tertiary alicyclic amines) is 1. The molecule has 3 aliphatic rings. The van der Waals surface area contributed by atoms with Crippen molar-refractivity contribution >= 4 is 12.0 Å². The molecule has 1 aliphatic carbocycles. The van der Waals surface area contributed by atoms with Crippen molar-refractivity contribution in [1.82, 2.24) is 19.8 Å². The Hall–Kier alpha value is -2.77. The first-order chi connectivity index (χ1) is 15.6. The number of aliphatic hydroxyl groups is 1. The molecule has 0 unspecified atom stereocenters. The molecule has 2 fully saturated rings. The van der Waals surface area contributed by atoms with Gasteiger partial charge in [0.25, 0.3) is 5.56 Å². The van der Waals surface area contributed by atoms with Gasteiger partial charge in [-0.05, 0) is 49.9 Å². The quantitative estimate of drug-likeness (QED) is 0.696. The van der Waals surface area contributed by atoms with Crippen LogP contribution in [0.1, 0.15) is 42.8 Å². The van der Waals surface area contributed by atoms with Gasteiger partial charge < -0.3 is 15.0 Å². The van der Waals surface area contributed by atoms with Gasteiger partial charge in [-0.15, -0.1) is 0 Å². The Morgan fingerprint density at radius 1 is 1.28 bits per heavy atom. The molecule has 4 heterocycles. The van der Waals surface area contributed by atoms with Crippen molar-refractivity contribution in [2.45, 2.75) is 44.9 Å². The van der Waals surface area contributed by atoms with Crippen molar-refractivity contribution in [2.24, 2.45) is 17.8 Å². The Bertz CT molecular complexity index is 1080. The number of nitrogens with zero attached hydrogens (tertiary/aromatic N) is 3. The normalized spacial score (nSPS) is 26.9. The molecular weight excluding hydrogens is 404 g/mol. The highest BCUT2D eigenvalue weighted by atomic mass is 16.3. The van der Waals surface area contributed by atoms with Gasteiger partial charge in [-0.2, -0.15) is 0 Å². The van der Waals surface area contributed by atoms with E-state index < -0.39 is 6.04 Å². The van der Waals surface area contributed by atoms with Crippen LogP contribution in [-0.4, -0.2) is 44.7 Å². The van der Waals surface area contributed by atoms with Crippen LogP contribution in [0.4, 0.5) is 0 Å². The van der Waals surface area contributed by atoms with Crippen LogP contribution in [0.15, 0.2) is 47.4 Å². The minimum absolute atomic E-state index is 0.00853. The van der Waals surface area contributed by atoms with E-state index in [1.54, 1.807) is 6.20 Å². The van der Waals surface area contributed by atoms with E-state index in [9.17, 15) is 14.7 Å². The van der Waals surface area contributed by atoms with Crippen LogP contribution in [0.5, 0.6) is 0 Å². The van der Waals surface area contributed by atoms with Gasteiger partial charge in [-0.1, -0.05) is 18.2 Å². The molecule has 7 nitrogen and oxygen atoms in total. The van der Waals surface area contributed by atoms with Crippen molar-refractivity contribution in [1.29, 1.82) is 0 Å². The zero-order valence-corrected chi connectivity index (χ0v) is 18.4. The predicted octanol–water partition coefficient (Wildman–Crippen LogP) is 1.97. The molecule has 2 aromatic heterocycles. The molecule has 2 aliphatic heterocycles. The molecule has 0 bridgehead atoms. The fourth-order valence-corrected chi connectivity index (χ4v) is 5.52. The first kappa shape index (κ1) is 21.1. The number of allylic oxidation sites excluding steroid dienone is 1. The number of pyridine rings is 2. The summed E-state index contributed by atoms with van der Waals surface area (Å²) in [6.45, 7) is 3.56. The molecular formula is C25H30N4O3. The fourth-order valence-electron chi connectivity index (χ4n) is 5.52. The number of nitrogens with one attached hydrogen (secondary N) is 1. The van der Waals surface area contributed by atoms with Gasteiger partial charge in [-0.3, -0.25) is 19.5 Å². The molecule has 0 aromatic carbocycles. The Kier molecular flexibility index (Phi) is 5.69. The van der Waals surface area contributed by atoms with E-state index in [0.717, 1.165) is 17.9 Å².